The first-order valence-corrected chi connectivity index (χ1v) is 7.77. The number of nitrogen functional groups attached to an aromatic ring is 1. The van der Waals surface area contributed by atoms with E-state index in [1.54, 1.807) is 18.3 Å². The zero-order valence-electron chi connectivity index (χ0n) is 13.7. The van der Waals surface area contributed by atoms with Crippen LogP contribution in [0.25, 0.3) is 22.3 Å². The minimum Gasteiger partial charge on any atom is -0.399 e. The topological polar surface area (TPSA) is 64.7 Å². The third-order valence-electron chi connectivity index (χ3n) is 3.54. The molecule has 0 spiro atoms. The van der Waals surface area contributed by atoms with Crippen molar-refractivity contribution in [1.82, 2.24) is 15.0 Å². The average Bonchev–Trinajstić information content (AvgIpc) is 2.62. The molecule has 0 aliphatic rings. The maximum Gasteiger partial charge on any atom is 0.123 e. The number of aryl methyl sites for hydroxylation is 1. The Kier molecular flexibility index (Phi) is 4.95. The zero-order valence-corrected chi connectivity index (χ0v) is 13.7. The summed E-state index contributed by atoms with van der Waals surface area (Å²) in [6, 6.07) is 17.8. The summed E-state index contributed by atoms with van der Waals surface area (Å²) in [5.74, 6) is -0.252. The van der Waals surface area contributed by atoms with E-state index in [0.29, 0.717) is 0 Å². The van der Waals surface area contributed by atoms with Gasteiger partial charge in [-0.05, 0) is 61.0 Å². The highest BCUT2D eigenvalue weighted by Gasteiger charge is 2.02. The highest BCUT2D eigenvalue weighted by atomic mass is 19.1. The fourth-order valence-electron chi connectivity index (χ4n) is 2.32. The first-order valence-electron chi connectivity index (χ1n) is 7.77. The van der Waals surface area contributed by atoms with Gasteiger partial charge in [0.05, 0.1) is 17.4 Å². The fourth-order valence-corrected chi connectivity index (χ4v) is 2.32. The Bertz CT molecular complexity index is 967. The lowest BCUT2D eigenvalue weighted by Crippen LogP contribution is -1.88. The summed E-state index contributed by atoms with van der Waals surface area (Å²) >= 11 is 0. The van der Waals surface area contributed by atoms with Gasteiger partial charge in [0, 0.05) is 11.3 Å². The smallest absolute Gasteiger partial charge is 0.123 e. The summed E-state index contributed by atoms with van der Waals surface area (Å²) < 4.78 is 12.8. The number of nitrogens with two attached hydrogens (primary N) is 1. The quantitative estimate of drug-likeness (QED) is 0.524. The summed E-state index contributed by atoms with van der Waals surface area (Å²) in [6.07, 6.45) is 3.15. The zero-order chi connectivity index (χ0) is 17.6. The van der Waals surface area contributed by atoms with Crippen LogP contribution < -0.4 is 5.73 Å². The maximum absolute atomic E-state index is 12.8. The van der Waals surface area contributed by atoms with Crippen LogP contribution in [-0.2, 0) is 0 Å². The molecule has 0 saturated carbocycles. The second-order valence-electron chi connectivity index (χ2n) is 5.54. The van der Waals surface area contributed by atoms with Gasteiger partial charge < -0.3 is 5.73 Å². The van der Waals surface area contributed by atoms with E-state index in [1.165, 1.54) is 24.0 Å². The molecule has 0 radical (unpaired) electrons. The third kappa shape index (κ3) is 4.35. The van der Waals surface area contributed by atoms with E-state index in [4.69, 9.17) is 5.73 Å². The van der Waals surface area contributed by atoms with Gasteiger partial charge in [-0.2, -0.15) is 0 Å². The molecule has 0 fully saturated rings. The van der Waals surface area contributed by atoms with Gasteiger partial charge in [-0.25, -0.2) is 19.3 Å². The molecule has 4 nitrogen and oxygen atoms in total. The predicted molar refractivity (Wildman–Crippen MR) is 98.3 cm³/mol. The molecule has 5 heteroatoms. The number of aromatic nitrogens is 3. The molecule has 0 aliphatic carbocycles. The van der Waals surface area contributed by atoms with E-state index in [-0.39, 0.29) is 5.82 Å². The van der Waals surface area contributed by atoms with Crippen molar-refractivity contribution in [2.45, 2.75) is 6.92 Å². The third-order valence-corrected chi connectivity index (χ3v) is 3.54. The predicted octanol–water partition coefficient (Wildman–Crippen LogP) is 4.41. The molecule has 4 rings (SSSR count). The van der Waals surface area contributed by atoms with Crippen molar-refractivity contribution in [3.63, 3.8) is 0 Å². The lowest BCUT2D eigenvalue weighted by atomic mass is 10.1. The molecule has 2 N–H and O–H groups in total. The highest BCUT2D eigenvalue weighted by molar-refractivity contribution is 5.76. The molecule has 124 valence electrons. The largest absolute Gasteiger partial charge is 0.399 e. The molecule has 0 saturated heterocycles. The number of hydrogen-bond donors (Lipinski definition) is 1. The minimum absolute atomic E-state index is 0.252. The number of pyridine rings is 1. The Morgan fingerprint density at radius 1 is 0.920 bits per heavy atom. The number of nitrogens with zero attached hydrogens (tertiary/aromatic N) is 3. The Morgan fingerprint density at radius 3 is 2.40 bits per heavy atom. The molecule has 4 aromatic rings. The van der Waals surface area contributed by atoms with Crippen molar-refractivity contribution in [3.8, 4) is 11.3 Å². The maximum atomic E-state index is 12.8. The van der Waals surface area contributed by atoms with Crippen molar-refractivity contribution in [3.05, 3.63) is 84.6 Å². The second-order valence-corrected chi connectivity index (χ2v) is 5.54. The van der Waals surface area contributed by atoms with Gasteiger partial charge in [0.15, 0.2) is 0 Å². The second kappa shape index (κ2) is 7.49. The average molecular weight is 332 g/mol. The number of benzene rings is 2. The first-order chi connectivity index (χ1) is 12.1. The van der Waals surface area contributed by atoms with Gasteiger partial charge in [-0.1, -0.05) is 12.1 Å². The van der Waals surface area contributed by atoms with Crippen LogP contribution in [0.5, 0.6) is 0 Å². The van der Waals surface area contributed by atoms with Crippen molar-refractivity contribution in [1.29, 1.82) is 0 Å². The van der Waals surface area contributed by atoms with Crippen LogP contribution in [0.3, 0.4) is 0 Å². The molecule has 0 aliphatic heterocycles. The normalized spacial score (nSPS) is 10.2. The molecule has 0 atom stereocenters. The van der Waals surface area contributed by atoms with Gasteiger partial charge in [0.2, 0.25) is 0 Å². The Hall–Kier alpha value is -3.34. The number of rotatable bonds is 1. The summed E-state index contributed by atoms with van der Waals surface area (Å²) in [5, 5.41) is 0. The van der Waals surface area contributed by atoms with E-state index >= 15 is 0 Å². The molecule has 0 bridgehead atoms. The van der Waals surface area contributed by atoms with Gasteiger partial charge in [-0.3, -0.25) is 0 Å². The Balaban J connectivity index is 0.000000192. The number of hydrogen-bond acceptors (Lipinski definition) is 4. The van der Waals surface area contributed by atoms with Crippen LogP contribution in [-0.4, -0.2) is 15.0 Å². The van der Waals surface area contributed by atoms with Gasteiger partial charge in [0.1, 0.15) is 17.7 Å². The Morgan fingerprint density at radius 2 is 1.72 bits per heavy atom. The molecule has 0 amide bonds. The monoisotopic (exact) mass is 332 g/mol. The highest BCUT2D eigenvalue weighted by Crippen LogP contribution is 2.19. The molecule has 0 unspecified atom stereocenters. The summed E-state index contributed by atoms with van der Waals surface area (Å²) in [6.45, 7) is 2.02. The lowest BCUT2D eigenvalue weighted by Gasteiger charge is -2.02. The summed E-state index contributed by atoms with van der Waals surface area (Å²) in [5.41, 5.74) is 10.7. The van der Waals surface area contributed by atoms with E-state index < -0.39 is 0 Å². The van der Waals surface area contributed by atoms with Crippen LogP contribution >= 0.6 is 0 Å². The van der Waals surface area contributed by atoms with Gasteiger partial charge >= 0.3 is 0 Å². The van der Waals surface area contributed by atoms with Crippen LogP contribution in [0.2, 0.25) is 0 Å². The van der Waals surface area contributed by atoms with Crippen molar-refractivity contribution >= 4 is 16.7 Å². The van der Waals surface area contributed by atoms with Crippen molar-refractivity contribution < 1.29 is 4.39 Å². The molecular weight excluding hydrogens is 315 g/mol. The molecule has 2 heterocycles. The number of anilines is 1. The number of halogens is 1. The van der Waals surface area contributed by atoms with Crippen LogP contribution in [0.1, 0.15) is 5.56 Å². The van der Waals surface area contributed by atoms with E-state index in [2.05, 4.69) is 15.0 Å². The number of fused-ring (bicyclic) bond motifs is 1. The van der Waals surface area contributed by atoms with Crippen LogP contribution in [0.15, 0.2) is 73.2 Å². The molecule has 2 aromatic heterocycles. The van der Waals surface area contributed by atoms with Crippen molar-refractivity contribution in [2.24, 2.45) is 0 Å². The molecule has 2 aromatic carbocycles. The van der Waals surface area contributed by atoms with Crippen LogP contribution in [0.4, 0.5) is 10.1 Å². The van der Waals surface area contributed by atoms with Crippen molar-refractivity contribution in [2.75, 3.05) is 5.73 Å². The first kappa shape index (κ1) is 16.5. The van der Waals surface area contributed by atoms with E-state index in [9.17, 15) is 4.39 Å². The summed E-state index contributed by atoms with van der Waals surface area (Å²) in [4.78, 5) is 12.5. The summed E-state index contributed by atoms with van der Waals surface area (Å²) in [7, 11) is 0. The van der Waals surface area contributed by atoms with E-state index in [0.717, 1.165) is 28.0 Å². The molecular formula is C20H17FN4. The fraction of sp³-hybridized carbons (Fsp3) is 0.0500. The van der Waals surface area contributed by atoms with Gasteiger partial charge in [0.25, 0.3) is 0 Å². The standard InChI is InChI=1S/C13H8FN3.C7H9N/c14-10-3-1-9(2-4-10)11-5-6-12-13(17-11)7-15-8-16-12;1-6-3-2-4-7(8)5-6/h1-8H;2-5H,8H2,1H3. The SMILES string of the molecule is Cc1cccc(N)c1.Fc1ccc(-c2ccc3ncncc3n2)cc1. The van der Waals surface area contributed by atoms with Crippen LogP contribution in [0, 0.1) is 12.7 Å². The lowest BCUT2D eigenvalue weighted by molar-refractivity contribution is 0.628. The van der Waals surface area contributed by atoms with E-state index in [1.807, 2.05) is 43.3 Å². The molecule has 25 heavy (non-hydrogen) atoms. The Labute approximate surface area is 145 Å². The minimum atomic E-state index is -0.252. The van der Waals surface area contributed by atoms with Gasteiger partial charge in [-0.15, -0.1) is 0 Å².